The minimum absolute atomic E-state index is 0.0351. The molecule has 0 saturated carbocycles. The van der Waals surface area contributed by atoms with Gasteiger partial charge in [0.25, 0.3) is 5.69 Å². The monoisotopic (exact) mass is 313 g/mol. The first-order valence-electron chi connectivity index (χ1n) is 5.37. The predicted molar refractivity (Wildman–Crippen MR) is 70.9 cm³/mol. The Balaban J connectivity index is 2.55. The number of anilines is 1. The summed E-state index contributed by atoms with van der Waals surface area (Å²) < 4.78 is 0.659. The minimum atomic E-state index is -0.454. The molecule has 0 spiro atoms. The molecule has 18 heavy (non-hydrogen) atoms. The third-order valence-corrected chi connectivity index (χ3v) is 3.28. The molecule has 0 aliphatic carbocycles. The fraction of sp³-hybridized carbons (Fsp3) is 0.364. The van der Waals surface area contributed by atoms with Crippen molar-refractivity contribution < 1.29 is 9.72 Å². The SMILES string of the molecule is CN(C)C(=O)N1CCc2cc(Br)cc([N+](=O)[O-])c21. The van der Waals surface area contributed by atoms with E-state index < -0.39 is 4.92 Å². The van der Waals surface area contributed by atoms with Crippen LogP contribution in [-0.4, -0.2) is 36.5 Å². The molecule has 2 rings (SSSR count). The van der Waals surface area contributed by atoms with Crippen LogP contribution in [0.2, 0.25) is 0 Å². The summed E-state index contributed by atoms with van der Waals surface area (Å²) in [6, 6.07) is 3.02. The molecule has 0 unspecified atom stereocenters. The molecule has 0 N–H and O–H groups in total. The summed E-state index contributed by atoms with van der Waals surface area (Å²) in [5, 5.41) is 11.1. The van der Waals surface area contributed by atoms with Gasteiger partial charge in [-0.1, -0.05) is 15.9 Å². The Bertz CT molecular complexity index is 531. The van der Waals surface area contributed by atoms with E-state index in [4.69, 9.17) is 0 Å². The zero-order valence-electron chi connectivity index (χ0n) is 10.0. The van der Waals surface area contributed by atoms with Gasteiger partial charge in [-0.15, -0.1) is 0 Å². The fourth-order valence-corrected chi connectivity index (χ4v) is 2.55. The molecule has 0 bridgehead atoms. The van der Waals surface area contributed by atoms with Crippen LogP contribution in [0.5, 0.6) is 0 Å². The van der Waals surface area contributed by atoms with Gasteiger partial charge in [-0.05, 0) is 18.1 Å². The van der Waals surface area contributed by atoms with Crippen LogP contribution in [0.3, 0.4) is 0 Å². The summed E-state index contributed by atoms with van der Waals surface area (Å²) in [5.41, 5.74) is 1.21. The second-order valence-electron chi connectivity index (χ2n) is 4.27. The van der Waals surface area contributed by atoms with E-state index in [9.17, 15) is 14.9 Å². The van der Waals surface area contributed by atoms with Crippen molar-refractivity contribution in [3.05, 3.63) is 32.3 Å². The summed E-state index contributed by atoms with van der Waals surface area (Å²) in [6.45, 7) is 0.476. The van der Waals surface area contributed by atoms with Gasteiger partial charge in [0.05, 0.1) is 4.92 Å². The number of carbonyl (C=O) groups is 1. The summed E-state index contributed by atoms with van der Waals surface area (Å²) >= 11 is 3.25. The van der Waals surface area contributed by atoms with Crippen LogP contribution in [0.1, 0.15) is 5.56 Å². The minimum Gasteiger partial charge on any atom is -0.330 e. The van der Waals surface area contributed by atoms with Gasteiger partial charge in [-0.3, -0.25) is 15.0 Å². The predicted octanol–water partition coefficient (Wildman–Crippen LogP) is 2.40. The lowest BCUT2D eigenvalue weighted by Gasteiger charge is -2.21. The summed E-state index contributed by atoms with van der Waals surface area (Å²) in [5.74, 6) is 0. The summed E-state index contributed by atoms with van der Waals surface area (Å²) in [4.78, 5) is 25.5. The van der Waals surface area contributed by atoms with Crippen molar-refractivity contribution >= 4 is 33.3 Å². The summed E-state index contributed by atoms with van der Waals surface area (Å²) in [6.07, 6.45) is 0.634. The Labute approximate surface area is 112 Å². The number of nitrogens with zero attached hydrogens (tertiary/aromatic N) is 3. The maximum Gasteiger partial charge on any atom is 0.324 e. The topological polar surface area (TPSA) is 66.7 Å². The molecule has 0 radical (unpaired) electrons. The molecule has 1 heterocycles. The van der Waals surface area contributed by atoms with Gasteiger partial charge in [0.2, 0.25) is 0 Å². The molecule has 1 aromatic rings. The fourth-order valence-electron chi connectivity index (χ4n) is 2.06. The van der Waals surface area contributed by atoms with Crippen molar-refractivity contribution in [2.45, 2.75) is 6.42 Å². The molecular formula is C11H12BrN3O3. The first-order valence-corrected chi connectivity index (χ1v) is 6.16. The quantitative estimate of drug-likeness (QED) is 0.590. The van der Waals surface area contributed by atoms with Crippen LogP contribution in [0.4, 0.5) is 16.2 Å². The molecule has 0 aromatic heterocycles. The number of amides is 2. The Hall–Kier alpha value is -1.63. The maximum absolute atomic E-state index is 12.0. The standard InChI is InChI=1S/C11H12BrN3O3/c1-13(2)11(16)14-4-3-7-5-8(12)6-9(10(7)14)15(17)18/h5-6H,3-4H2,1-2H3. The van der Waals surface area contributed by atoms with Crippen molar-refractivity contribution in [1.29, 1.82) is 0 Å². The Kier molecular flexibility index (Phi) is 3.25. The Morgan fingerprint density at radius 2 is 2.17 bits per heavy atom. The lowest BCUT2D eigenvalue weighted by atomic mass is 10.1. The average molecular weight is 314 g/mol. The van der Waals surface area contributed by atoms with E-state index in [2.05, 4.69) is 15.9 Å². The van der Waals surface area contributed by atoms with E-state index in [1.807, 2.05) is 6.07 Å². The Morgan fingerprint density at radius 3 is 2.72 bits per heavy atom. The highest BCUT2D eigenvalue weighted by Crippen LogP contribution is 2.39. The highest BCUT2D eigenvalue weighted by Gasteiger charge is 2.33. The van der Waals surface area contributed by atoms with Crippen LogP contribution < -0.4 is 4.90 Å². The van der Waals surface area contributed by atoms with E-state index >= 15 is 0 Å². The van der Waals surface area contributed by atoms with Crippen LogP contribution in [0.15, 0.2) is 16.6 Å². The number of halogens is 1. The van der Waals surface area contributed by atoms with Gasteiger partial charge in [-0.2, -0.15) is 0 Å². The number of hydrogen-bond donors (Lipinski definition) is 0. The number of urea groups is 1. The smallest absolute Gasteiger partial charge is 0.324 e. The molecule has 1 aliphatic rings. The molecule has 1 aliphatic heterocycles. The summed E-state index contributed by atoms with van der Waals surface area (Å²) in [7, 11) is 3.26. The second-order valence-corrected chi connectivity index (χ2v) is 5.18. The maximum atomic E-state index is 12.0. The molecular weight excluding hydrogens is 302 g/mol. The van der Waals surface area contributed by atoms with Gasteiger partial charge in [-0.25, -0.2) is 4.79 Å². The van der Waals surface area contributed by atoms with Crippen molar-refractivity contribution in [3.8, 4) is 0 Å². The lowest BCUT2D eigenvalue weighted by Crippen LogP contribution is -2.38. The molecule has 0 saturated heterocycles. The molecule has 6 nitrogen and oxygen atoms in total. The van der Waals surface area contributed by atoms with Crippen molar-refractivity contribution in [2.75, 3.05) is 25.5 Å². The molecule has 1 aromatic carbocycles. The lowest BCUT2D eigenvalue weighted by molar-refractivity contribution is -0.384. The second kappa shape index (κ2) is 4.56. The van der Waals surface area contributed by atoms with Crippen molar-refractivity contribution in [1.82, 2.24) is 4.90 Å². The van der Waals surface area contributed by atoms with Crippen LogP contribution in [0, 0.1) is 10.1 Å². The molecule has 96 valence electrons. The van der Waals surface area contributed by atoms with E-state index in [-0.39, 0.29) is 11.7 Å². The van der Waals surface area contributed by atoms with Gasteiger partial charge < -0.3 is 4.90 Å². The number of carbonyl (C=O) groups excluding carboxylic acids is 1. The molecule has 7 heteroatoms. The number of benzene rings is 1. The van der Waals surface area contributed by atoms with Gasteiger partial charge in [0, 0.05) is 31.2 Å². The number of rotatable bonds is 1. The molecule has 0 fully saturated rings. The number of hydrogen-bond acceptors (Lipinski definition) is 3. The van der Waals surface area contributed by atoms with Gasteiger partial charge in [0.15, 0.2) is 0 Å². The van der Waals surface area contributed by atoms with Crippen LogP contribution >= 0.6 is 15.9 Å². The van der Waals surface area contributed by atoms with E-state index in [1.54, 1.807) is 14.1 Å². The number of fused-ring (bicyclic) bond motifs is 1. The highest BCUT2D eigenvalue weighted by atomic mass is 79.9. The highest BCUT2D eigenvalue weighted by molar-refractivity contribution is 9.10. The van der Waals surface area contributed by atoms with Gasteiger partial charge >= 0.3 is 6.03 Å². The van der Waals surface area contributed by atoms with Crippen LogP contribution in [0.25, 0.3) is 0 Å². The van der Waals surface area contributed by atoms with E-state index in [0.29, 0.717) is 23.1 Å². The third-order valence-electron chi connectivity index (χ3n) is 2.82. The molecule has 0 atom stereocenters. The normalized spacial score (nSPS) is 13.4. The first kappa shape index (κ1) is 12.8. The zero-order valence-corrected chi connectivity index (χ0v) is 11.6. The van der Waals surface area contributed by atoms with Crippen LogP contribution in [-0.2, 0) is 6.42 Å². The third kappa shape index (κ3) is 2.05. The molecule has 2 amide bonds. The van der Waals surface area contributed by atoms with Gasteiger partial charge in [0.1, 0.15) is 5.69 Å². The largest absolute Gasteiger partial charge is 0.330 e. The van der Waals surface area contributed by atoms with E-state index in [0.717, 1.165) is 5.56 Å². The zero-order chi connectivity index (χ0) is 13.4. The van der Waals surface area contributed by atoms with Crippen molar-refractivity contribution in [3.63, 3.8) is 0 Å². The first-order chi connectivity index (χ1) is 8.41. The number of nitro benzene ring substituents is 1. The average Bonchev–Trinajstić information content (AvgIpc) is 2.69. The van der Waals surface area contributed by atoms with E-state index in [1.165, 1.54) is 15.9 Å². The Morgan fingerprint density at radius 1 is 1.50 bits per heavy atom. The number of nitro groups is 1. The van der Waals surface area contributed by atoms with Crippen molar-refractivity contribution in [2.24, 2.45) is 0 Å².